The highest BCUT2D eigenvalue weighted by Gasteiger charge is 2.28. The molecule has 3 rings (SSSR count). The van der Waals surface area contributed by atoms with E-state index >= 15 is 0 Å². The van der Waals surface area contributed by atoms with E-state index in [2.05, 4.69) is 33.4 Å². The number of hydrogen-bond acceptors (Lipinski definition) is 3. The second-order valence-corrected chi connectivity index (χ2v) is 10.1. The van der Waals surface area contributed by atoms with Crippen LogP contribution in [0.5, 0.6) is 0 Å². The molecule has 1 fully saturated rings. The first-order valence-electron chi connectivity index (χ1n) is 10.9. The Hall–Kier alpha value is -1.79. The van der Waals surface area contributed by atoms with E-state index in [1.165, 1.54) is 5.56 Å². The number of halogens is 1. The Morgan fingerprint density at radius 2 is 1.81 bits per heavy atom. The largest absolute Gasteiger partial charge is 0.352 e. The minimum Gasteiger partial charge on any atom is -0.352 e. The molecule has 4 nitrogen and oxygen atoms in total. The zero-order valence-electron chi connectivity index (χ0n) is 18.3. The van der Waals surface area contributed by atoms with Gasteiger partial charge in [-0.15, -0.1) is 11.8 Å². The lowest BCUT2D eigenvalue weighted by atomic mass is 10.1. The minimum atomic E-state index is -0.499. The van der Waals surface area contributed by atoms with E-state index < -0.39 is 6.04 Å². The molecule has 31 heavy (non-hydrogen) atoms. The number of nitrogens with one attached hydrogen (secondary N) is 1. The van der Waals surface area contributed by atoms with E-state index in [1.807, 2.05) is 50.2 Å². The molecular weight excluding hydrogens is 472 g/mol. The Balaban J connectivity index is 1.66. The predicted molar refractivity (Wildman–Crippen MR) is 132 cm³/mol. The highest BCUT2D eigenvalue weighted by molar-refractivity contribution is 9.10. The molecule has 0 aromatic heterocycles. The first-order valence-corrected chi connectivity index (χ1v) is 12.9. The standard InChI is InChI=1S/C25H31BrN2O2S/c1-18-7-3-4-8-21(18)15-28(19(2)25(30)27-23-9-5-6-10-23)24(29)17-31-16-20-11-13-22(26)14-12-20/h3-4,7-8,11-14,19,23H,5-6,9-10,15-17H2,1-2H3,(H,27,30). The summed E-state index contributed by atoms with van der Waals surface area (Å²) in [5.41, 5.74) is 3.39. The fourth-order valence-electron chi connectivity index (χ4n) is 3.87. The molecule has 1 unspecified atom stereocenters. The summed E-state index contributed by atoms with van der Waals surface area (Å²) >= 11 is 5.04. The van der Waals surface area contributed by atoms with Gasteiger partial charge in [0.15, 0.2) is 0 Å². The molecular formula is C25H31BrN2O2S. The second kappa shape index (κ2) is 11.7. The highest BCUT2D eigenvalue weighted by atomic mass is 79.9. The average Bonchev–Trinajstić information content (AvgIpc) is 3.27. The third-order valence-electron chi connectivity index (χ3n) is 5.88. The summed E-state index contributed by atoms with van der Waals surface area (Å²) in [6.45, 7) is 4.34. The quantitative estimate of drug-likeness (QED) is 0.494. The SMILES string of the molecule is Cc1ccccc1CN(C(=O)CSCc1ccc(Br)cc1)C(C)C(=O)NC1CCCC1. The zero-order valence-corrected chi connectivity index (χ0v) is 20.7. The fourth-order valence-corrected chi connectivity index (χ4v) is 5.00. The van der Waals surface area contributed by atoms with Crippen LogP contribution in [0, 0.1) is 6.92 Å². The van der Waals surface area contributed by atoms with Crippen molar-refractivity contribution in [3.63, 3.8) is 0 Å². The summed E-state index contributed by atoms with van der Waals surface area (Å²) in [4.78, 5) is 27.9. The van der Waals surface area contributed by atoms with Gasteiger partial charge < -0.3 is 10.2 Å². The third kappa shape index (κ3) is 7.11. The van der Waals surface area contributed by atoms with Gasteiger partial charge in [0, 0.05) is 22.8 Å². The Morgan fingerprint density at radius 3 is 2.48 bits per heavy atom. The molecule has 2 amide bonds. The van der Waals surface area contributed by atoms with Crippen molar-refractivity contribution in [1.82, 2.24) is 10.2 Å². The van der Waals surface area contributed by atoms with Gasteiger partial charge in [0.25, 0.3) is 0 Å². The Kier molecular flexibility index (Phi) is 9.02. The summed E-state index contributed by atoms with van der Waals surface area (Å²) in [5, 5.41) is 3.16. The first-order chi connectivity index (χ1) is 14.9. The van der Waals surface area contributed by atoms with Crippen molar-refractivity contribution < 1.29 is 9.59 Å². The number of carbonyl (C=O) groups is 2. The predicted octanol–water partition coefficient (Wildman–Crippen LogP) is 5.47. The van der Waals surface area contributed by atoms with E-state index in [-0.39, 0.29) is 17.9 Å². The second-order valence-electron chi connectivity index (χ2n) is 8.23. The number of amides is 2. The van der Waals surface area contributed by atoms with E-state index in [4.69, 9.17) is 0 Å². The average molecular weight is 504 g/mol. The minimum absolute atomic E-state index is 0.000522. The van der Waals surface area contributed by atoms with Crippen molar-refractivity contribution in [2.45, 2.75) is 63.9 Å². The van der Waals surface area contributed by atoms with Crippen LogP contribution in [0.15, 0.2) is 53.0 Å². The molecule has 0 heterocycles. The van der Waals surface area contributed by atoms with Gasteiger partial charge in [-0.25, -0.2) is 0 Å². The van der Waals surface area contributed by atoms with Crippen LogP contribution < -0.4 is 5.32 Å². The summed E-state index contributed by atoms with van der Waals surface area (Å²) in [6.07, 6.45) is 4.40. The lowest BCUT2D eigenvalue weighted by molar-refractivity contribution is -0.139. The van der Waals surface area contributed by atoms with Crippen molar-refractivity contribution in [2.24, 2.45) is 0 Å². The molecule has 166 valence electrons. The van der Waals surface area contributed by atoms with Gasteiger partial charge in [-0.1, -0.05) is 65.2 Å². The van der Waals surface area contributed by atoms with Gasteiger partial charge >= 0.3 is 0 Å². The first kappa shape index (κ1) is 23.9. The number of aryl methyl sites for hydroxylation is 1. The van der Waals surface area contributed by atoms with Crippen LogP contribution in [0.3, 0.4) is 0 Å². The summed E-state index contributed by atoms with van der Waals surface area (Å²) in [7, 11) is 0. The molecule has 0 aliphatic heterocycles. The lowest BCUT2D eigenvalue weighted by Gasteiger charge is -2.30. The van der Waals surface area contributed by atoms with Crippen molar-refractivity contribution in [2.75, 3.05) is 5.75 Å². The molecule has 1 aliphatic carbocycles. The number of thioether (sulfide) groups is 1. The molecule has 2 aromatic carbocycles. The lowest BCUT2D eigenvalue weighted by Crippen LogP contribution is -2.50. The molecule has 1 aliphatic rings. The van der Waals surface area contributed by atoms with Gasteiger partial charge in [0.2, 0.25) is 11.8 Å². The molecule has 0 saturated heterocycles. The fraction of sp³-hybridized carbons (Fsp3) is 0.440. The summed E-state index contributed by atoms with van der Waals surface area (Å²) in [5.74, 6) is 1.06. The van der Waals surface area contributed by atoms with Crippen LogP contribution in [0.25, 0.3) is 0 Å². The van der Waals surface area contributed by atoms with Crippen LogP contribution in [-0.4, -0.2) is 34.6 Å². The van der Waals surface area contributed by atoms with E-state index in [1.54, 1.807) is 16.7 Å². The molecule has 2 aromatic rings. The molecule has 1 N–H and O–H groups in total. The maximum Gasteiger partial charge on any atom is 0.242 e. The number of rotatable bonds is 9. The Morgan fingerprint density at radius 1 is 1.13 bits per heavy atom. The maximum atomic E-state index is 13.2. The Labute approximate surface area is 198 Å². The Bertz CT molecular complexity index is 881. The van der Waals surface area contributed by atoms with Gasteiger partial charge in [-0.2, -0.15) is 0 Å². The topological polar surface area (TPSA) is 49.4 Å². The van der Waals surface area contributed by atoms with Crippen LogP contribution in [-0.2, 0) is 21.9 Å². The van der Waals surface area contributed by atoms with Gasteiger partial charge in [0.05, 0.1) is 5.75 Å². The van der Waals surface area contributed by atoms with E-state index in [0.717, 1.165) is 47.0 Å². The van der Waals surface area contributed by atoms with E-state index in [9.17, 15) is 9.59 Å². The van der Waals surface area contributed by atoms with Crippen molar-refractivity contribution in [3.05, 3.63) is 69.7 Å². The van der Waals surface area contributed by atoms with Gasteiger partial charge in [0.1, 0.15) is 6.04 Å². The number of hydrogen-bond donors (Lipinski definition) is 1. The monoisotopic (exact) mass is 502 g/mol. The normalized spacial score (nSPS) is 14.9. The van der Waals surface area contributed by atoms with Crippen LogP contribution in [0.1, 0.15) is 49.3 Å². The number of benzene rings is 2. The maximum absolute atomic E-state index is 13.2. The zero-order chi connectivity index (χ0) is 22.2. The van der Waals surface area contributed by atoms with Gasteiger partial charge in [-0.05, 0) is 55.5 Å². The molecule has 1 atom stereocenters. The highest BCUT2D eigenvalue weighted by Crippen LogP contribution is 2.21. The summed E-state index contributed by atoms with van der Waals surface area (Å²) < 4.78 is 1.05. The number of carbonyl (C=O) groups excluding carboxylic acids is 2. The number of nitrogens with zero attached hydrogens (tertiary/aromatic N) is 1. The van der Waals surface area contributed by atoms with Crippen LogP contribution >= 0.6 is 27.7 Å². The molecule has 0 bridgehead atoms. The molecule has 1 saturated carbocycles. The van der Waals surface area contributed by atoms with Crippen molar-refractivity contribution in [1.29, 1.82) is 0 Å². The van der Waals surface area contributed by atoms with E-state index in [0.29, 0.717) is 12.3 Å². The van der Waals surface area contributed by atoms with Crippen molar-refractivity contribution >= 4 is 39.5 Å². The van der Waals surface area contributed by atoms with Gasteiger partial charge in [-0.3, -0.25) is 9.59 Å². The molecule has 6 heteroatoms. The smallest absolute Gasteiger partial charge is 0.242 e. The van der Waals surface area contributed by atoms with Crippen LogP contribution in [0.2, 0.25) is 0 Å². The third-order valence-corrected chi connectivity index (χ3v) is 7.40. The molecule has 0 radical (unpaired) electrons. The molecule has 0 spiro atoms. The van der Waals surface area contributed by atoms with Crippen molar-refractivity contribution in [3.8, 4) is 0 Å². The summed E-state index contributed by atoms with van der Waals surface area (Å²) in [6, 6.07) is 15.9. The van der Waals surface area contributed by atoms with Crippen LogP contribution in [0.4, 0.5) is 0 Å².